The number of nitrogens with one attached hydrogen (secondary N) is 2. The molecule has 2 N–H and O–H groups in total. The van der Waals surface area contributed by atoms with E-state index in [1.807, 2.05) is 11.2 Å². The van der Waals surface area contributed by atoms with Crippen LogP contribution in [0.5, 0.6) is 0 Å². The number of aromatic nitrogens is 2. The lowest BCUT2D eigenvalue weighted by Gasteiger charge is -2.38. The molecule has 2 saturated heterocycles. The summed E-state index contributed by atoms with van der Waals surface area (Å²) in [6.45, 7) is 3.93. The molecule has 184 valence electrons. The van der Waals surface area contributed by atoms with Gasteiger partial charge in [-0.3, -0.25) is 9.59 Å². The SMILES string of the molecule is CC[C@H]1CCN(C(=O)Cc2cnc[nH]2)C1CN(C(=O)[C@@H]1CCCN1)C(CCSC)C(=O)OC. The van der Waals surface area contributed by atoms with Gasteiger partial charge in [0, 0.05) is 25.0 Å². The Morgan fingerprint density at radius 2 is 2.18 bits per heavy atom. The molecule has 0 aromatic carbocycles. The van der Waals surface area contributed by atoms with Gasteiger partial charge in [0.15, 0.2) is 0 Å². The minimum absolute atomic E-state index is 0.0188. The molecule has 10 heteroatoms. The molecule has 3 heterocycles. The van der Waals surface area contributed by atoms with Gasteiger partial charge in [-0.05, 0) is 50.2 Å². The highest BCUT2D eigenvalue weighted by Gasteiger charge is 2.42. The molecule has 2 unspecified atom stereocenters. The van der Waals surface area contributed by atoms with Gasteiger partial charge < -0.3 is 24.8 Å². The second-order valence-corrected chi connectivity index (χ2v) is 9.81. The van der Waals surface area contributed by atoms with Crippen LogP contribution in [0.1, 0.15) is 44.7 Å². The van der Waals surface area contributed by atoms with Crippen molar-refractivity contribution in [2.75, 3.05) is 38.8 Å². The standard InChI is InChI=1S/C23H37N5O4S/c1-4-16-7-10-27(21(29)12-17-13-24-15-26-17)20(16)14-28(22(30)18-6-5-9-25-18)19(8-11-33-3)23(31)32-2/h13,15-16,18-20,25H,4-12,14H2,1-3H3,(H,24,26)/t16-,18-,19?,20?/m0/s1. The number of carbonyl (C=O) groups is 3. The minimum atomic E-state index is -0.653. The van der Waals surface area contributed by atoms with Gasteiger partial charge in [0.2, 0.25) is 11.8 Å². The fourth-order valence-corrected chi connectivity index (χ4v) is 5.49. The van der Waals surface area contributed by atoms with E-state index >= 15 is 0 Å². The van der Waals surface area contributed by atoms with E-state index in [4.69, 9.17) is 4.74 Å². The van der Waals surface area contributed by atoms with E-state index in [2.05, 4.69) is 22.2 Å². The fourth-order valence-electron chi connectivity index (χ4n) is 5.03. The Labute approximate surface area is 200 Å². The van der Waals surface area contributed by atoms with Crippen LogP contribution < -0.4 is 5.32 Å². The Kier molecular flexibility index (Phi) is 9.61. The summed E-state index contributed by atoms with van der Waals surface area (Å²) in [7, 11) is 1.37. The first-order chi connectivity index (χ1) is 16.0. The number of imidazole rings is 1. The molecular formula is C23H37N5O4S. The van der Waals surface area contributed by atoms with E-state index in [0.717, 1.165) is 43.7 Å². The summed E-state index contributed by atoms with van der Waals surface area (Å²) in [6.07, 6.45) is 9.50. The fraction of sp³-hybridized carbons (Fsp3) is 0.739. The molecule has 2 aliphatic heterocycles. The summed E-state index contributed by atoms with van der Waals surface area (Å²) in [5, 5.41) is 3.28. The first-order valence-corrected chi connectivity index (χ1v) is 13.3. The van der Waals surface area contributed by atoms with Crippen LogP contribution in [0.25, 0.3) is 0 Å². The van der Waals surface area contributed by atoms with Crippen LogP contribution >= 0.6 is 11.8 Å². The number of hydrogen-bond acceptors (Lipinski definition) is 7. The Morgan fingerprint density at radius 1 is 1.36 bits per heavy atom. The van der Waals surface area contributed by atoms with Crippen molar-refractivity contribution in [2.45, 2.75) is 63.6 Å². The maximum atomic E-state index is 13.6. The zero-order chi connectivity index (χ0) is 23.8. The second kappa shape index (κ2) is 12.4. The normalized spacial score (nSPS) is 23.5. The van der Waals surface area contributed by atoms with Gasteiger partial charge in [-0.2, -0.15) is 11.8 Å². The van der Waals surface area contributed by atoms with Crippen molar-refractivity contribution >= 4 is 29.5 Å². The zero-order valence-corrected chi connectivity index (χ0v) is 20.7. The number of H-pyrrole nitrogens is 1. The number of hydrogen-bond donors (Lipinski definition) is 2. The average molecular weight is 480 g/mol. The Hall–Kier alpha value is -2.07. The number of likely N-dealkylation sites (tertiary alicyclic amines) is 1. The summed E-state index contributed by atoms with van der Waals surface area (Å²) in [5.41, 5.74) is 0.772. The van der Waals surface area contributed by atoms with E-state index in [1.165, 1.54) is 7.11 Å². The number of ether oxygens (including phenoxy) is 1. The molecule has 9 nitrogen and oxygen atoms in total. The van der Waals surface area contributed by atoms with E-state index in [-0.39, 0.29) is 36.2 Å². The first kappa shape index (κ1) is 25.6. The molecule has 1 aromatic rings. The topological polar surface area (TPSA) is 108 Å². The van der Waals surface area contributed by atoms with E-state index in [0.29, 0.717) is 19.5 Å². The van der Waals surface area contributed by atoms with Crippen LogP contribution in [0.2, 0.25) is 0 Å². The summed E-state index contributed by atoms with van der Waals surface area (Å²) < 4.78 is 5.11. The molecule has 33 heavy (non-hydrogen) atoms. The molecule has 0 saturated carbocycles. The molecule has 0 spiro atoms. The summed E-state index contributed by atoms with van der Waals surface area (Å²) in [4.78, 5) is 50.2. The smallest absolute Gasteiger partial charge is 0.328 e. The van der Waals surface area contributed by atoms with Gasteiger partial charge in [0.1, 0.15) is 6.04 Å². The Balaban J connectivity index is 1.85. The zero-order valence-electron chi connectivity index (χ0n) is 19.9. The van der Waals surface area contributed by atoms with E-state index < -0.39 is 12.0 Å². The minimum Gasteiger partial charge on any atom is -0.467 e. The van der Waals surface area contributed by atoms with Gasteiger partial charge >= 0.3 is 5.97 Å². The van der Waals surface area contributed by atoms with Gasteiger partial charge in [-0.25, -0.2) is 9.78 Å². The molecule has 0 aliphatic carbocycles. The molecule has 2 fully saturated rings. The molecular weight excluding hydrogens is 442 g/mol. The largest absolute Gasteiger partial charge is 0.467 e. The van der Waals surface area contributed by atoms with Crippen molar-refractivity contribution in [1.82, 2.24) is 25.1 Å². The van der Waals surface area contributed by atoms with Crippen LogP contribution in [-0.2, 0) is 25.5 Å². The molecule has 0 radical (unpaired) electrons. The van der Waals surface area contributed by atoms with E-state index in [1.54, 1.807) is 29.2 Å². The number of carbonyl (C=O) groups excluding carboxylic acids is 3. The van der Waals surface area contributed by atoms with Crippen LogP contribution in [0, 0.1) is 5.92 Å². The van der Waals surface area contributed by atoms with E-state index in [9.17, 15) is 14.4 Å². The number of amides is 2. The third-order valence-electron chi connectivity index (χ3n) is 6.90. The van der Waals surface area contributed by atoms with Crippen molar-refractivity contribution in [3.8, 4) is 0 Å². The highest BCUT2D eigenvalue weighted by Crippen LogP contribution is 2.30. The van der Waals surface area contributed by atoms with Gasteiger partial charge in [0.05, 0.1) is 31.9 Å². The third kappa shape index (κ3) is 6.29. The first-order valence-electron chi connectivity index (χ1n) is 11.9. The number of aromatic amines is 1. The lowest BCUT2D eigenvalue weighted by atomic mass is 9.95. The molecule has 1 aromatic heterocycles. The van der Waals surface area contributed by atoms with Crippen LogP contribution in [-0.4, -0.2) is 94.4 Å². The van der Waals surface area contributed by atoms with Crippen molar-refractivity contribution in [2.24, 2.45) is 5.92 Å². The van der Waals surface area contributed by atoms with Crippen molar-refractivity contribution < 1.29 is 19.1 Å². The quantitative estimate of drug-likeness (QED) is 0.463. The second-order valence-electron chi connectivity index (χ2n) is 8.83. The lowest BCUT2D eigenvalue weighted by Crippen LogP contribution is -2.57. The summed E-state index contributed by atoms with van der Waals surface area (Å²) >= 11 is 1.64. The molecule has 2 aliphatic rings. The maximum Gasteiger partial charge on any atom is 0.328 e. The van der Waals surface area contributed by atoms with Crippen LogP contribution in [0.15, 0.2) is 12.5 Å². The molecule has 3 rings (SSSR count). The number of methoxy groups -OCH3 is 1. The van der Waals surface area contributed by atoms with Crippen molar-refractivity contribution in [1.29, 1.82) is 0 Å². The van der Waals surface area contributed by atoms with Crippen molar-refractivity contribution in [3.05, 3.63) is 18.2 Å². The van der Waals surface area contributed by atoms with Gasteiger partial charge in [0.25, 0.3) is 0 Å². The Morgan fingerprint density at radius 3 is 2.79 bits per heavy atom. The number of nitrogens with zero attached hydrogens (tertiary/aromatic N) is 3. The highest BCUT2D eigenvalue weighted by atomic mass is 32.2. The predicted molar refractivity (Wildman–Crippen MR) is 128 cm³/mol. The Bertz CT molecular complexity index is 784. The molecule has 2 amide bonds. The lowest BCUT2D eigenvalue weighted by molar-refractivity contribution is -0.154. The number of rotatable bonds is 11. The third-order valence-corrected chi connectivity index (χ3v) is 7.54. The maximum absolute atomic E-state index is 13.6. The average Bonchev–Trinajstić information content (AvgIpc) is 3.59. The monoisotopic (exact) mass is 479 g/mol. The predicted octanol–water partition coefficient (Wildman–Crippen LogP) is 1.45. The van der Waals surface area contributed by atoms with Crippen LogP contribution in [0.4, 0.5) is 0 Å². The van der Waals surface area contributed by atoms with Crippen molar-refractivity contribution in [3.63, 3.8) is 0 Å². The van der Waals surface area contributed by atoms with Gasteiger partial charge in [-0.1, -0.05) is 13.3 Å². The van der Waals surface area contributed by atoms with Gasteiger partial charge in [-0.15, -0.1) is 0 Å². The molecule has 0 bridgehead atoms. The van der Waals surface area contributed by atoms with Crippen LogP contribution in [0.3, 0.4) is 0 Å². The summed E-state index contributed by atoms with van der Waals surface area (Å²) in [6, 6.07) is -1.07. The number of esters is 1. The number of thioether (sulfide) groups is 1. The molecule has 4 atom stereocenters. The highest BCUT2D eigenvalue weighted by molar-refractivity contribution is 7.98. The summed E-state index contributed by atoms with van der Waals surface area (Å²) in [5.74, 6) is 0.585.